The van der Waals surface area contributed by atoms with Crippen LogP contribution in [0.15, 0.2) is 0 Å². The molecule has 0 aliphatic heterocycles. The summed E-state index contributed by atoms with van der Waals surface area (Å²) < 4.78 is 0. The molecule has 9 heavy (non-hydrogen) atoms. The number of carbonyl (C=O) groups is 1. The molecule has 0 heterocycles. The van der Waals surface area contributed by atoms with Gasteiger partial charge in [0.1, 0.15) is 0 Å². The van der Waals surface area contributed by atoms with Gasteiger partial charge in [-0.1, -0.05) is 6.92 Å². The summed E-state index contributed by atoms with van der Waals surface area (Å²) >= 11 is 1.70. The zero-order valence-electron chi connectivity index (χ0n) is 5.89. The average molecular weight is 147 g/mol. The van der Waals surface area contributed by atoms with Gasteiger partial charge in [0.25, 0.3) is 0 Å². The first-order chi connectivity index (χ1) is 4.20. The maximum absolute atomic E-state index is 10.3. The Kier molecular flexibility index (Phi) is 4.58. The lowest BCUT2D eigenvalue weighted by molar-refractivity contribution is -0.118. The van der Waals surface area contributed by atoms with Gasteiger partial charge in [-0.2, -0.15) is 11.8 Å². The van der Waals surface area contributed by atoms with Gasteiger partial charge in [0.15, 0.2) is 0 Å². The van der Waals surface area contributed by atoms with Crippen LogP contribution in [0.1, 0.15) is 19.8 Å². The number of amides is 1. The van der Waals surface area contributed by atoms with Crippen molar-refractivity contribution in [3.05, 3.63) is 0 Å². The SMILES string of the molecule is CCC(CC(N)=O)SC. The summed E-state index contributed by atoms with van der Waals surface area (Å²) in [5.74, 6) is -0.198. The van der Waals surface area contributed by atoms with Crippen LogP contribution in [0, 0.1) is 0 Å². The van der Waals surface area contributed by atoms with E-state index in [1.807, 2.05) is 6.26 Å². The van der Waals surface area contributed by atoms with Crippen molar-refractivity contribution >= 4 is 17.7 Å². The molecule has 54 valence electrons. The molecule has 1 unspecified atom stereocenters. The van der Waals surface area contributed by atoms with Crippen LogP contribution in [-0.4, -0.2) is 17.4 Å². The van der Waals surface area contributed by atoms with Crippen molar-refractivity contribution in [2.75, 3.05) is 6.26 Å². The van der Waals surface area contributed by atoms with E-state index >= 15 is 0 Å². The van der Waals surface area contributed by atoms with Crippen LogP contribution < -0.4 is 5.73 Å². The van der Waals surface area contributed by atoms with Crippen LogP contribution in [0.4, 0.5) is 0 Å². The van der Waals surface area contributed by atoms with Gasteiger partial charge >= 0.3 is 0 Å². The van der Waals surface area contributed by atoms with Gasteiger partial charge < -0.3 is 5.73 Å². The third-order valence-corrected chi connectivity index (χ3v) is 2.38. The summed E-state index contributed by atoms with van der Waals surface area (Å²) in [5.41, 5.74) is 4.99. The van der Waals surface area contributed by atoms with Gasteiger partial charge in [0.05, 0.1) is 0 Å². The molecule has 2 nitrogen and oxygen atoms in total. The second-order valence-electron chi connectivity index (χ2n) is 1.94. The predicted octanol–water partition coefficient (Wildman–Crippen LogP) is 1.00. The minimum atomic E-state index is -0.198. The lowest BCUT2D eigenvalue weighted by Gasteiger charge is -2.06. The molecule has 1 amide bonds. The summed E-state index contributed by atoms with van der Waals surface area (Å²) in [4.78, 5) is 10.3. The number of carbonyl (C=O) groups excluding carboxylic acids is 1. The first-order valence-electron chi connectivity index (χ1n) is 3.01. The summed E-state index contributed by atoms with van der Waals surface area (Å²) in [5, 5.41) is 0.419. The van der Waals surface area contributed by atoms with E-state index in [0.29, 0.717) is 11.7 Å². The summed E-state index contributed by atoms with van der Waals surface area (Å²) in [7, 11) is 0. The summed E-state index contributed by atoms with van der Waals surface area (Å²) in [6.45, 7) is 2.06. The topological polar surface area (TPSA) is 43.1 Å². The Bertz CT molecular complexity index is 91.1. The number of hydrogen-bond donors (Lipinski definition) is 1. The first-order valence-corrected chi connectivity index (χ1v) is 4.30. The molecular weight excluding hydrogens is 134 g/mol. The van der Waals surface area contributed by atoms with Gasteiger partial charge in [-0.25, -0.2) is 0 Å². The van der Waals surface area contributed by atoms with E-state index in [1.54, 1.807) is 11.8 Å². The molecule has 0 aliphatic rings. The van der Waals surface area contributed by atoms with Crippen molar-refractivity contribution in [1.82, 2.24) is 0 Å². The Labute approximate surface area is 60.2 Å². The molecule has 2 N–H and O–H groups in total. The van der Waals surface area contributed by atoms with Crippen molar-refractivity contribution in [1.29, 1.82) is 0 Å². The minimum Gasteiger partial charge on any atom is -0.370 e. The van der Waals surface area contributed by atoms with E-state index in [1.165, 1.54) is 0 Å². The van der Waals surface area contributed by atoms with Gasteiger partial charge in [0, 0.05) is 11.7 Å². The van der Waals surface area contributed by atoms with Crippen LogP contribution in [0.3, 0.4) is 0 Å². The van der Waals surface area contributed by atoms with E-state index in [0.717, 1.165) is 6.42 Å². The molecule has 0 aliphatic carbocycles. The van der Waals surface area contributed by atoms with Crippen molar-refractivity contribution < 1.29 is 4.79 Å². The number of primary amides is 1. The molecule has 0 aromatic heterocycles. The molecule has 0 aromatic rings. The molecule has 0 rings (SSSR count). The molecule has 1 atom stereocenters. The van der Waals surface area contributed by atoms with Crippen molar-refractivity contribution in [2.24, 2.45) is 5.73 Å². The smallest absolute Gasteiger partial charge is 0.218 e. The van der Waals surface area contributed by atoms with Crippen LogP contribution >= 0.6 is 11.8 Å². The maximum Gasteiger partial charge on any atom is 0.218 e. The number of rotatable bonds is 4. The molecular formula is C6H13NOS. The molecule has 0 saturated carbocycles. The Morgan fingerprint density at radius 3 is 2.44 bits per heavy atom. The Balaban J connectivity index is 3.43. The lowest BCUT2D eigenvalue weighted by atomic mass is 10.2. The summed E-state index contributed by atoms with van der Waals surface area (Å²) in [6.07, 6.45) is 3.53. The molecule has 0 spiro atoms. The molecule has 0 aromatic carbocycles. The molecule has 3 heteroatoms. The summed E-state index contributed by atoms with van der Waals surface area (Å²) in [6, 6.07) is 0. The largest absolute Gasteiger partial charge is 0.370 e. The molecule has 0 fully saturated rings. The highest BCUT2D eigenvalue weighted by Crippen LogP contribution is 2.13. The second-order valence-corrected chi connectivity index (χ2v) is 3.07. The number of hydrogen-bond acceptors (Lipinski definition) is 2. The van der Waals surface area contributed by atoms with Crippen molar-refractivity contribution in [2.45, 2.75) is 25.0 Å². The normalized spacial score (nSPS) is 13.1. The van der Waals surface area contributed by atoms with Gasteiger partial charge in [-0.3, -0.25) is 4.79 Å². The molecule has 0 radical (unpaired) electrons. The fraction of sp³-hybridized carbons (Fsp3) is 0.833. The highest BCUT2D eigenvalue weighted by molar-refractivity contribution is 7.99. The Hall–Kier alpha value is -0.180. The van der Waals surface area contributed by atoms with Crippen LogP contribution in [0.2, 0.25) is 0 Å². The van der Waals surface area contributed by atoms with Crippen molar-refractivity contribution in [3.63, 3.8) is 0 Å². The second kappa shape index (κ2) is 4.68. The van der Waals surface area contributed by atoms with Gasteiger partial charge in [-0.05, 0) is 12.7 Å². The Morgan fingerprint density at radius 1 is 1.78 bits per heavy atom. The van der Waals surface area contributed by atoms with E-state index < -0.39 is 0 Å². The van der Waals surface area contributed by atoms with E-state index in [2.05, 4.69) is 6.92 Å². The van der Waals surface area contributed by atoms with Gasteiger partial charge in [-0.15, -0.1) is 0 Å². The molecule has 0 bridgehead atoms. The van der Waals surface area contributed by atoms with Crippen molar-refractivity contribution in [3.8, 4) is 0 Å². The third-order valence-electron chi connectivity index (χ3n) is 1.22. The highest BCUT2D eigenvalue weighted by Gasteiger charge is 2.06. The quantitative estimate of drug-likeness (QED) is 0.644. The van der Waals surface area contributed by atoms with Crippen LogP contribution in [0.25, 0.3) is 0 Å². The monoisotopic (exact) mass is 147 g/mol. The lowest BCUT2D eigenvalue weighted by Crippen LogP contribution is -2.16. The number of thioether (sulfide) groups is 1. The fourth-order valence-corrected chi connectivity index (χ4v) is 1.28. The standard InChI is InChI=1S/C6H13NOS/c1-3-5(9-2)4-6(7)8/h5H,3-4H2,1-2H3,(H2,7,8). The average Bonchev–Trinajstić information content (AvgIpc) is 1.82. The first kappa shape index (κ1) is 8.82. The van der Waals surface area contributed by atoms with Crippen LogP contribution in [0.5, 0.6) is 0 Å². The number of nitrogens with two attached hydrogens (primary N) is 1. The Morgan fingerprint density at radius 2 is 2.33 bits per heavy atom. The predicted molar refractivity (Wildman–Crippen MR) is 41.4 cm³/mol. The third kappa shape index (κ3) is 4.33. The molecule has 0 saturated heterocycles. The van der Waals surface area contributed by atoms with E-state index in [-0.39, 0.29) is 5.91 Å². The van der Waals surface area contributed by atoms with Crippen LogP contribution in [-0.2, 0) is 4.79 Å². The highest BCUT2D eigenvalue weighted by atomic mass is 32.2. The minimum absolute atomic E-state index is 0.198. The zero-order chi connectivity index (χ0) is 7.28. The fourth-order valence-electron chi connectivity index (χ4n) is 0.619. The maximum atomic E-state index is 10.3. The zero-order valence-corrected chi connectivity index (χ0v) is 6.70. The van der Waals surface area contributed by atoms with E-state index in [4.69, 9.17) is 5.73 Å². The van der Waals surface area contributed by atoms with Gasteiger partial charge in [0.2, 0.25) is 5.91 Å². The van der Waals surface area contributed by atoms with E-state index in [9.17, 15) is 4.79 Å².